The molecule has 0 unspecified atom stereocenters. The number of fused-ring (bicyclic) bond motifs is 2. The van der Waals surface area contributed by atoms with Crippen LogP contribution in [0.4, 0.5) is 0 Å². The zero-order valence-electron chi connectivity index (χ0n) is 17.4. The van der Waals surface area contributed by atoms with Gasteiger partial charge in [-0.05, 0) is 42.7 Å². The Kier molecular flexibility index (Phi) is 4.94. The lowest BCUT2D eigenvalue weighted by Crippen LogP contribution is -2.33. The summed E-state index contributed by atoms with van der Waals surface area (Å²) in [5, 5.41) is 3.00. The smallest absolute Gasteiger partial charge is 0.251 e. The summed E-state index contributed by atoms with van der Waals surface area (Å²) in [6.07, 6.45) is 2.13. The van der Waals surface area contributed by atoms with E-state index in [0.717, 1.165) is 41.0 Å². The van der Waals surface area contributed by atoms with Crippen molar-refractivity contribution in [2.75, 3.05) is 7.05 Å². The number of hydrogen-bond acceptors (Lipinski definition) is 3. The van der Waals surface area contributed by atoms with Gasteiger partial charge in [-0.2, -0.15) is 0 Å². The average Bonchev–Trinajstić information content (AvgIpc) is 3.61. The third-order valence-corrected chi connectivity index (χ3v) is 5.85. The van der Waals surface area contributed by atoms with Crippen LogP contribution < -0.4 is 10.1 Å². The lowest BCUT2D eigenvalue weighted by molar-refractivity contribution is -0.131. The fourth-order valence-electron chi connectivity index (χ4n) is 4.01. The van der Waals surface area contributed by atoms with Crippen molar-refractivity contribution < 1.29 is 14.3 Å². The van der Waals surface area contributed by atoms with E-state index in [0.29, 0.717) is 18.2 Å². The van der Waals surface area contributed by atoms with Gasteiger partial charge in [-0.25, -0.2) is 0 Å². The van der Waals surface area contributed by atoms with Gasteiger partial charge in [0.1, 0.15) is 11.5 Å². The number of carbonyl (C=O) groups excluding carboxylic acids is 2. The molecule has 156 valence electrons. The van der Waals surface area contributed by atoms with Crippen LogP contribution in [0.2, 0.25) is 0 Å². The molecule has 0 spiro atoms. The Labute approximate surface area is 181 Å². The molecule has 0 aromatic heterocycles. The fraction of sp³-hybridized carbons (Fsp3) is 0.231. The van der Waals surface area contributed by atoms with Crippen molar-refractivity contribution >= 4 is 11.8 Å². The van der Waals surface area contributed by atoms with Crippen molar-refractivity contribution in [2.24, 2.45) is 0 Å². The maximum absolute atomic E-state index is 13.5. The predicted octanol–water partition coefficient (Wildman–Crippen LogP) is 4.48. The van der Waals surface area contributed by atoms with Gasteiger partial charge in [-0.15, -0.1) is 0 Å². The van der Waals surface area contributed by atoms with E-state index in [9.17, 15) is 9.59 Å². The molecule has 5 nitrogen and oxygen atoms in total. The summed E-state index contributed by atoms with van der Waals surface area (Å²) in [7, 11) is 1.82. The van der Waals surface area contributed by atoms with Gasteiger partial charge >= 0.3 is 0 Å². The minimum atomic E-state index is -0.408. The summed E-state index contributed by atoms with van der Waals surface area (Å²) in [6, 6.07) is 23.2. The standard InChI is InChI=1S/C26H24N2O3/c1-28(16-17-10-12-18(13-11-17)25(29)27-19-14-15-19)26(30)24-20-6-2-4-8-22(20)31-23-9-5-3-7-21(23)24/h2-13,19,24H,14-16H2,1H3,(H,27,29). The number of ether oxygens (including phenoxy) is 1. The molecule has 0 saturated heterocycles. The Morgan fingerprint density at radius 3 is 2.06 bits per heavy atom. The van der Waals surface area contributed by atoms with Crippen molar-refractivity contribution in [3.05, 3.63) is 95.1 Å². The first-order chi connectivity index (χ1) is 15.1. The quantitative estimate of drug-likeness (QED) is 0.672. The molecule has 0 radical (unpaired) electrons. The number of amides is 2. The van der Waals surface area contributed by atoms with Gasteiger partial charge in [0, 0.05) is 36.3 Å². The van der Waals surface area contributed by atoms with Crippen LogP contribution in [-0.4, -0.2) is 29.8 Å². The summed E-state index contributed by atoms with van der Waals surface area (Å²) < 4.78 is 6.01. The van der Waals surface area contributed by atoms with Crippen LogP contribution in [-0.2, 0) is 11.3 Å². The van der Waals surface area contributed by atoms with Crippen molar-refractivity contribution in [1.29, 1.82) is 0 Å². The Morgan fingerprint density at radius 2 is 1.48 bits per heavy atom. The lowest BCUT2D eigenvalue weighted by atomic mass is 9.87. The monoisotopic (exact) mass is 412 g/mol. The first kappa shape index (κ1) is 19.4. The van der Waals surface area contributed by atoms with E-state index in [2.05, 4.69) is 5.32 Å². The van der Waals surface area contributed by atoms with E-state index in [1.54, 1.807) is 4.90 Å². The van der Waals surface area contributed by atoms with Crippen molar-refractivity contribution in [3.63, 3.8) is 0 Å². The molecule has 0 atom stereocenters. The average molecular weight is 412 g/mol. The number of benzene rings is 3. The number of hydrogen-bond donors (Lipinski definition) is 1. The maximum Gasteiger partial charge on any atom is 0.251 e. The van der Waals surface area contributed by atoms with E-state index in [1.807, 2.05) is 79.8 Å². The van der Waals surface area contributed by atoms with Crippen LogP contribution in [0.5, 0.6) is 11.5 Å². The minimum Gasteiger partial charge on any atom is -0.457 e. The summed E-state index contributed by atoms with van der Waals surface area (Å²) in [5.74, 6) is 1.01. The van der Waals surface area contributed by atoms with E-state index in [4.69, 9.17) is 4.74 Å². The highest BCUT2D eigenvalue weighted by Gasteiger charge is 2.34. The number of likely N-dealkylation sites (N-methyl/N-ethyl adjacent to an activating group) is 1. The third kappa shape index (κ3) is 3.91. The highest BCUT2D eigenvalue weighted by atomic mass is 16.5. The molecule has 3 aromatic rings. The maximum atomic E-state index is 13.5. The van der Waals surface area contributed by atoms with E-state index in [-0.39, 0.29) is 11.8 Å². The number of nitrogens with zero attached hydrogens (tertiary/aromatic N) is 1. The minimum absolute atomic E-state index is 0.0127. The van der Waals surface area contributed by atoms with Crippen LogP contribution in [0.25, 0.3) is 0 Å². The molecule has 2 amide bonds. The molecule has 1 N–H and O–H groups in total. The highest BCUT2D eigenvalue weighted by Crippen LogP contribution is 2.44. The lowest BCUT2D eigenvalue weighted by Gasteiger charge is -2.30. The second-order valence-corrected chi connectivity index (χ2v) is 8.25. The number of para-hydroxylation sites is 2. The second kappa shape index (κ2) is 7.91. The Hall–Kier alpha value is -3.60. The molecule has 2 aliphatic rings. The molecule has 1 aliphatic carbocycles. The number of carbonyl (C=O) groups is 2. The third-order valence-electron chi connectivity index (χ3n) is 5.85. The van der Waals surface area contributed by atoms with Crippen molar-refractivity contribution in [1.82, 2.24) is 10.2 Å². The Balaban J connectivity index is 1.35. The molecule has 31 heavy (non-hydrogen) atoms. The summed E-state index contributed by atoms with van der Waals surface area (Å²) >= 11 is 0. The molecule has 1 aliphatic heterocycles. The summed E-state index contributed by atoms with van der Waals surface area (Å²) in [5.41, 5.74) is 3.39. The van der Waals surface area contributed by atoms with Gasteiger partial charge in [-0.3, -0.25) is 9.59 Å². The molecule has 5 rings (SSSR count). The molecular formula is C26H24N2O3. The van der Waals surface area contributed by atoms with Crippen LogP contribution >= 0.6 is 0 Å². The van der Waals surface area contributed by atoms with Crippen LogP contribution in [0, 0.1) is 0 Å². The largest absolute Gasteiger partial charge is 0.457 e. The SMILES string of the molecule is CN(Cc1ccc(C(=O)NC2CC2)cc1)C(=O)C1c2ccccc2Oc2ccccc21. The molecule has 0 bridgehead atoms. The second-order valence-electron chi connectivity index (χ2n) is 8.25. The molecule has 1 fully saturated rings. The summed E-state index contributed by atoms with van der Waals surface area (Å²) in [4.78, 5) is 27.5. The first-order valence-corrected chi connectivity index (χ1v) is 10.6. The normalized spacial score (nSPS) is 14.7. The van der Waals surface area contributed by atoms with Gasteiger partial charge in [0.15, 0.2) is 0 Å². The van der Waals surface area contributed by atoms with E-state index >= 15 is 0 Å². The zero-order chi connectivity index (χ0) is 21.4. The Bertz CT molecular complexity index is 1090. The van der Waals surface area contributed by atoms with Gasteiger partial charge in [0.2, 0.25) is 5.91 Å². The molecule has 5 heteroatoms. The van der Waals surface area contributed by atoms with Crippen LogP contribution in [0.3, 0.4) is 0 Å². The van der Waals surface area contributed by atoms with Crippen molar-refractivity contribution in [2.45, 2.75) is 31.3 Å². The van der Waals surface area contributed by atoms with Crippen LogP contribution in [0.15, 0.2) is 72.8 Å². The molecule has 1 saturated carbocycles. The highest BCUT2D eigenvalue weighted by molar-refractivity contribution is 5.94. The van der Waals surface area contributed by atoms with Gasteiger partial charge in [-0.1, -0.05) is 48.5 Å². The Morgan fingerprint density at radius 1 is 0.903 bits per heavy atom. The molecular weight excluding hydrogens is 388 g/mol. The van der Waals surface area contributed by atoms with Gasteiger partial charge < -0.3 is 15.0 Å². The number of nitrogens with one attached hydrogen (secondary N) is 1. The van der Waals surface area contributed by atoms with Crippen molar-refractivity contribution in [3.8, 4) is 11.5 Å². The van der Waals surface area contributed by atoms with Gasteiger partial charge in [0.05, 0.1) is 5.92 Å². The van der Waals surface area contributed by atoms with Crippen LogP contribution in [0.1, 0.15) is 45.8 Å². The van der Waals surface area contributed by atoms with E-state index in [1.165, 1.54) is 0 Å². The molecule has 1 heterocycles. The first-order valence-electron chi connectivity index (χ1n) is 10.6. The van der Waals surface area contributed by atoms with Gasteiger partial charge in [0.25, 0.3) is 5.91 Å². The number of rotatable bonds is 5. The topological polar surface area (TPSA) is 58.6 Å². The molecule has 3 aromatic carbocycles. The zero-order valence-corrected chi connectivity index (χ0v) is 17.4. The predicted molar refractivity (Wildman–Crippen MR) is 118 cm³/mol. The van der Waals surface area contributed by atoms with E-state index < -0.39 is 5.92 Å². The summed E-state index contributed by atoms with van der Waals surface area (Å²) in [6.45, 7) is 0.463. The fourth-order valence-corrected chi connectivity index (χ4v) is 4.01.